The van der Waals surface area contributed by atoms with Crippen molar-refractivity contribution in [2.24, 2.45) is 7.05 Å². The number of carbonyl (C=O) groups excluding carboxylic acids is 3. The van der Waals surface area contributed by atoms with Crippen molar-refractivity contribution < 1.29 is 18.8 Å². The Kier molecular flexibility index (Phi) is 4.96. The van der Waals surface area contributed by atoms with Gasteiger partial charge in [-0.05, 0) is 43.2 Å². The number of halogens is 1. The van der Waals surface area contributed by atoms with E-state index in [2.05, 4.69) is 15.7 Å². The minimum atomic E-state index is -0.851. The van der Waals surface area contributed by atoms with Crippen molar-refractivity contribution in [2.75, 3.05) is 11.9 Å². The molecule has 33 heavy (non-hydrogen) atoms. The maximum absolute atomic E-state index is 14.3. The Morgan fingerprint density at radius 2 is 1.94 bits per heavy atom. The Bertz CT molecular complexity index is 1280. The van der Waals surface area contributed by atoms with Crippen molar-refractivity contribution in [2.45, 2.75) is 25.4 Å². The fourth-order valence-corrected chi connectivity index (χ4v) is 4.46. The van der Waals surface area contributed by atoms with Gasteiger partial charge in [0.15, 0.2) is 0 Å². The second kappa shape index (κ2) is 7.84. The molecule has 5 rings (SSSR count). The fourth-order valence-electron chi connectivity index (χ4n) is 4.46. The van der Waals surface area contributed by atoms with E-state index in [0.717, 1.165) is 5.69 Å². The average molecular weight is 447 g/mol. The van der Waals surface area contributed by atoms with Gasteiger partial charge in [-0.3, -0.25) is 19.1 Å². The van der Waals surface area contributed by atoms with Crippen molar-refractivity contribution in [3.05, 3.63) is 71.3 Å². The van der Waals surface area contributed by atoms with E-state index in [-0.39, 0.29) is 17.5 Å². The number of anilines is 1. The summed E-state index contributed by atoms with van der Waals surface area (Å²) < 4.78 is 15.9. The fraction of sp³-hybridized carbons (Fsp3) is 0.250. The van der Waals surface area contributed by atoms with E-state index in [4.69, 9.17) is 0 Å². The van der Waals surface area contributed by atoms with Crippen LogP contribution in [-0.2, 0) is 11.8 Å². The zero-order valence-electron chi connectivity index (χ0n) is 18.1. The highest BCUT2D eigenvalue weighted by Crippen LogP contribution is 2.33. The third-order valence-corrected chi connectivity index (χ3v) is 6.28. The predicted octanol–water partition coefficient (Wildman–Crippen LogP) is 2.50. The van der Waals surface area contributed by atoms with Crippen LogP contribution in [0.5, 0.6) is 0 Å². The molecule has 0 radical (unpaired) electrons. The van der Waals surface area contributed by atoms with Crippen molar-refractivity contribution in [3.8, 4) is 11.1 Å². The van der Waals surface area contributed by atoms with Crippen LogP contribution >= 0.6 is 0 Å². The Hall–Kier alpha value is -4.01. The number of benzene rings is 2. The molecule has 0 bridgehead atoms. The van der Waals surface area contributed by atoms with Crippen LogP contribution in [0.2, 0.25) is 0 Å². The molecular formula is C24H22FN5O3. The van der Waals surface area contributed by atoms with E-state index in [1.807, 2.05) is 6.92 Å². The number of aromatic nitrogens is 2. The van der Waals surface area contributed by atoms with Gasteiger partial charge >= 0.3 is 0 Å². The van der Waals surface area contributed by atoms with Crippen molar-refractivity contribution >= 4 is 23.4 Å². The van der Waals surface area contributed by atoms with Crippen LogP contribution in [0.4, 0.5) is 10.1 Å². The van der Waals surface area contributed by atoms with Crippen LogP contribution in [0.25, 0.3) is 11.1 Å². The molecule has 2 aliphatic heterocycles. The first kappa shape index (κ1) is 20.9. The van der Waals surface area contributed by atoms with Crippen LogP contribution < -0.4 is 10.6 Å². The van der Waals surface area contributed by atoms with Gasteiger partial charge in [0.2, 0.25) is 5.91 Å². The number of rotatable bonds is 3. The highest BCUT2D eigenvalue weighted by atomic mass is 19.1. The molecule has 3 aromatic rings. The summed E-state index contributed by atoms with van der Waals surface area (Å²) in [4.78, 5) is 40.6. The quantitative estimate of drug-likeness (QED) is 0.645. The minimum Gasteiger partial charge on any atom is -0.345 e. The summed E-state index contributed by atoms with van der Waals surface area (Å²) in [6.07, 6.45) is 0.434. The normalized spacial score (nSPS) is 19.5. The lowest BCUT2D eigenvalue weighted by atomic mass is 10.0. The first-order chi connectivity index (χ1) is 15.8. The maximum atomic E-state index is 14.3. The molecule has 3 amide bonds. The number of amides is 3. The second-order valence-electron chi connectivity index (χ2n) is 8.34. The van der Waals surface area contributed by atoms with Gasteiger partial charge in [0, 0.05) is 24.8 Å². The summed E-state index contributed by atoms with van der Waals surface area (Å²) in [5.41, 5.74) is 2.66. The summed E-state index contributed by atoms with van der Waals surface area (Å²) in [5, 5.41) is 9.85. The third-order valence-electron chi connectivity index (χ3n) is 6.28. The molecule has 2 unspecified atom stereocenters. The van der Waals surface area contributed by atoms with Crippen LogP contribution in [0.15, 0.2) is 48.5 Å². The Labute approximate surface area is 189 Å². The van der Waals surface area contributed by atoms with Crippen molar-refractivity contribution in [1.29, 1.82) is 0 Å². The molecule has 1 saturated heterocycles. The average Bonchev–Trinajstić information content (AvgIpc) is 3.34. The van der Waals surface area contributed by atoms with E-state index in [1.165, 1.54) is 11.0 Å². The highest BCUT2D eigenvalue weighted by Gasteiger charge is 2.45. The van der Waals surface area contributed by atoms with Gasteiger partial charge in [0.1, 0.15) is 17.6 Å². The number of carbonyl (C=O) groups is 3. The van der Waals surface area contributed by atoms with E-state index in [1.54, 1.807) is 54.2 Å². The number of hydrogen-bond donors (Lipinski definition) is 2. The molecule has 0 aliphatic carbocycles. The molecule has 1 aromatic heterocycles. The molecule has 9 heteroatoms. The number of nitrogens with one attached hydrogen (secondary N) is 2. The van der Waals surface area contributed by atoms with Crippen LogP contribution in [0.3, 0.4) is 0 Å². The zero-order chi connectivity index (χ0) is 23.3. The lowest BCUT2D eigenvalue weighted by Crippen LogP contribution is -2.51. The molecular weight excluding hydrogens is 425 g/mol. The van der Waals surface area contributed by atoms with E-state index < -0.39 is 23.8 Å². The standard InChI is InChI=1S/C24H22FN5O3/c1-13-11-20(28-29(13)2)22(31)27-19-9-10-30-21(19)23(32)26-18-8-7-14(12-16(18)24(30)33)15-5-3-4-6-17(15)25/h3-8,11-12,19,21H,9-10H2,1-2H3,(H,26,32)(H,27,31). The number of aryl methyl sites for hydroxylation is 2. The first-order valence-corrected chi connectivity index (χ1v) is 10.7. The molecule has 2 atom stereocenters. The van der Waals surface area contributed by atoms with Gasteiger partial charge in [-0.15, -0.1) is 0 Å². The summed E-state index contributed by atoms with van der Waals surface area (Å²) in [5.74, 6) is -1.50. The van der Waals surface area contributed by atoms with Crippen LogP contribution in [-0.4, -0.2) is 51.0 Å². The van der Waals surface area contributed by atoms with Gasteiger partial charge < -0.3 is 15.5 Å². The SMILES string of the molecule is Cc1cc(C(=O)NC2CCN3C(=O)c4cc(-c5ccccc5F)ccc4NC(=O)C23)nn1C. The van der Waals surface area contributed by atoms with Crippen molar-refractivity contribution in [1.82, 2.24) is 20.0 Å². The predicted molar refractivity (Wildman–Crippen MR) is 119 cm³/mol. The van der Waals surface area contributed by atoms with E-state index in [9.17, 15) is 18.8 Å². The maximum Gasteiger partial charge on any atom is 0.272 e. The molecule has 0 spiro atoms. The van der Waals surface area contributed by atoms with Gasteiger partial charge in [-0.1, -0.05) is 24.3 Å². The number of fused-ring (bicyclic) bond motifs is 2. The number of hydrogen-bond acceptors (Lipinski definition) is 4. The lowest BCUT2D eigenvalue weighted by Gasteiger charge is -2.24. The third kappa shape index (κ3) is 3.55. The Balaban J connectivity index is 1.43. The Morgan fingerprint density at radius 3 is 2.67 bits per heavy atom. The zero-order valence-corrected chi connectivity index (χ0v) is 18.1. The second-order valence-corrected chi connectivity index (χ2v) is 8.34. The Morgan fingerprint density at radius 1 is 1.15 bits per heavy atom. The van der Waals surface area contributed by atoms with Gasteiger partial charge in [-0.2, -0.15) is 5.10 Å². The molecule has 8 nitrogen and oxygen atoms in total. The molecule has 3 heterocycles. The monoisotopic (exact) mass is 447 g/mol. The van der Waals surface area contributed by atoms with Gasteiger partial charge in [-0.25, -0.2) is 4.39 Å². The number of nitrogens with zero attached hydrogens (tertiary/aromatic N) is 3. The molecule has 0 saturated carbocycles. The summed E-state index contributed by atoms with van der Waals surface area (Å²) in [6, 6.07) is 11.5. The molecule has 1 fully saturated rings. The molecule has 2 aromatic carbocycles. The highest BCUT2D eigenvalue weighted by molar-refractivity contribution is 6.11. The summed E-state index contributed by atoms with van der Waals surface area (Å²) >= 11 is 0. The molecule has 2 N–H and O–H groups in total. The largest absolute Gasteiger partial charge is 0.345 e. The molecule has 2 aliphatic rings. The first-order valence-electron chi connectivity index (χ1n) is 10.7. The van der Waals surface area contributed by atoms with Crippen LogP contribution in [0, 0.1) is 12.7 Å². The van der Waals surface area contributed by atoms with Gasteiger partial charge in [0.25, 0.3) is 11.8 Å². The topological polar surface area (TPSA) is 96.3 Å². The van der Waals surface area contributed by atoms with Crippen molar-refractivity contribution in [3.63, 3.8) is 0 Å². The van der Waals surface area contributed by atoms with E-state index >= 15 is 0 Å². The van der Waals surface area contributed by atoms with Crippen LogP contribution in [0.1, 0.15) is 33.0 Å². The minimum absolute atomic E-state index is 0.256. The van der Waals surface area contributed by atoms with E-state index in [0.29, 0.717) is 35.3 Å². The summed E-state index contributed by atoms with van der Waals surface area (Å²) in [6.45, 7) is 2.15. The summed E-state index contributed by atoms with van der Waals surface area (Å²) in [7, 11) is 1.74. The van der Waals surface area contributed by atoms with Gasteiger partial charge in [0.05, 0.1) is 17.3 Å². The lowest BCUT2D eigenvalue weighted by molar-refractivity contribution is -0.120. The molecule has 168 valence electrons. The smallest absolute Gasteiger partial charge is 0.272 e.